The number of ether oxygens (including phenoxy) is 2. The van der Waals surface area contributed by atoms with Gasteiger partial charge in [0.2, 0.25) is 5.88 Å². The summed E-state index contributed by atoms with van der Waals surface area (Å²) in [4.78, 5) is 13.0. The molecule has 2 aliphatic rings. The van der Waals surface area contributed by atoms with Crippen LogP contribution in [0.4, 0.5) is 4.79 Å². The van der Waals surface area contributed by atoms with Crippen LogP contribution < -0.4 is 4.74 Å². The summed E-state index contributed by atoms with van der Waals surface area (Å²) in [5, 5.41) is 17.9. The second-order valence-electron chi connectivity index (χ2n) is 8.08. The SMILES string of the molecule is Cc1cccc(C2CC2)c1Oc1nnc(Cl)cc1C1(C)CN(C(=O)O)CC(C)O1. The Balaban J connectivity index is 1.75. The number of para-hydroxylation sites is 1. The van der Waals surface area contributed by atoms with Crippen molar-refractivity contribution in [3.8, 4) is 11.6 Å². The predicted octanol–water partition coefficient (Wildman–Crippen LogP) is 4.72. The summed E-state index contributed by atoms with van der Waals surface area (Å²) in [6.07, 6.45) is 1.01. The van der Waals surface area contributed by atoms with Crippen LogP contribution >= 0.6 is 11.6 Å². The van der Waals surface area contributed by atoms with Gasteiger partial charge in [-0.05, 0) is 56.7 Å². The number of morpholine rings is 1. The number of carboxylic acid groups (broad SMARTS) is 1. The van der Waals surface area contributed by atoms with Crippen molar-refractivity contribution in [3.63, 3.8) is 0 Å². The molecule has 1 saturated heterocycles. The largest absolute Gasteiger partial charge is 0.465 e. The van der Waals surface area contributed by atoms with Crippen molar-refractivity contribution in [2.24, 2.45) is 0 Å². The molecule has 0 bridgehead atoms. The van der Waals surface area contributed by atoms with Crippen LogP contribution in [-0.4, -0.2) is 45.5 Å². The first-order valence-corrected chi connectivity index (χ1v) is 10.1. The molecule has 4 rings (SSSR count). The second kappa shape index (κ2) is 7.46. The van der Waals surface area contributed by atoms with Crippen LogP contribution in [0.5, 0.6) is 11.6 Å². The second-order valence-corrected chi connectivity index (χ2v) is 8.47. The summed E-state index contributed by atoms with van der Waals surface area (Å²) in [6.45, 7) is 6.12. The van der Waals surface area contributed by atoms with E-state index in [1.54, 1.807) is 6.07 Å². The zero-order valence-electron chi connectivity index (χ0n) is 16.7. The molecular formula is C21H24ClN3O4. The molecule has 1 aromatic heterocycles. The van der Waals surface area contributed by atoms with Gasteiger partial charge in [0.25, 0.3) is 0 Å². The molecule has 1 aromatic carbocycles. The number of carbonyl (C=O) groups is 1. The minimum absolute atomic E-state index is 0.147. The Morgan fingerprint density at radius 1 is 1.38 bits per heavy atom. The van der Waals surface area contributed by atoms with E-state index >= 15 is 0 Å². The Kier molecular flexibility index (Phi) is 5.12. The molecule has 1 aliphatic heterocycles. The molecule has 0 radical (unpaired) electrons. The van der Waals surface area contributed by atoms with Crippen molar-refractivity contribution in [3.05, 3.63) is 46.1 Å². The predicted molar refractivity (Wildman–Crippen MR) is 108 cm³/mol. The van der Waals surface area contributed by atoms with E-state index in [0.29, 0.717) is 18.0 Å². The highest BCUT2D eigenvalue weighted by Crippen LogP contribution is 2.47. The normalized spacial score (nSPS) is 24.4. The highest BCUT2D eigenvalue weighted by atomic mass is 35.5. The molecule has 29 heavy (non-hydrogen) atoms. The number of aromatic nitrogens is 2. The molecule has 8 heteroatoms. The van der Waals surface area contributed by atoms with E-state index in [1.807, 2.05) is 32.9 Å². The molecule has 2 heterocycles. The molecule has 1 N–H and O–H groups in total. The lowest BCUT2D eigenvalue weighted by molar-refractivity contribution is -0.137. The van der Waals surface area contributed by atoms with E-state index in [0.717, 1.165) is 29.7 Å². The molecule has 2 atom stereocenters. The third-order valence-electron chi connectivity index (χ3n) is 5.46. The first-order valence-electron chi connectivity index (χ1n) is 9.73. The Bertz CT molecular complexity index is 950. The quantitative estimate of drug-likeness (QED) is 0.774. The van der Waals surface area contributed by atoms with Gasteiger partial charge in [-0.3, -0.25) is 0 Å². The zero-order chi connectivity index (χ0) is 20.8. The zero-order valence-corrected chi connectivity index (χ0v) is 17.4. The standard InChI is InChI=1S/C21H24ClN3O4/c1-12-5-4-6-15(14-7-8-14)18(12)28-19-16(9-17(22)23-24-19)21(3)11-25(20(26)27)10-13(2)29-21/h4-6,9,13-14H,7-8,10-11H2,1-3H3,(H,26,27). The minimum Gasteiger partial charge on any atom is -0.465 e. The Labute approximate surface area is 174 Å². The molecule has 1 saturated carbocycles. The lowest BCUT2D eigenvalue weighted by Gasteiger charge is -2.42. The topological polar surface area (TPSA) is 84.8 Å². The number of halogens is 1. The van der Waals surface area contributed by atoms with E-state index < -0.39 is 11.7 Å². The fourth-order valence-corrected chi connectivity index (χ4v) is 4.14. The molecule has 2 fully saturated rings. The monoisotopic (exact) mass is 417 g/mol. The first kappa shape index (κ1) is 19.9. The van der Waals surface area contributed by atoms with Crippen molar-refractivity contribution in [2.45, 2.75) is 51.2 Å². The van der Waals surface area contributed by atoms with Gasteiger partial charge in [0.15, 0.2) is 5.15 Å². The van der Waals surface area contributed by atoms with Crippen molar-refractivity contribution >= 4 is 17.7 Å². The molecular weight excluding hydrogens is 394 g/mol. The molecule has 1 aliphatic carbocycles. The lowest BCUT2D eigenvalue weighted by atomic mass is 9.94. The maximum atomic E-state index is 11.6. The van der Waals surface area contributed by atoms with Gasteiger partial charge in [0.1, 0.15) is 11.4 Å². The average Bonchev–Trinajstić information content (AvgIpc) is 3.49. The van der Waals surface area contributed by atoms with Crippen molar-refractivity contribution < 1.29 is 19.4 Å². The third-order valence-corrected chi connectivity index (χ3v) is 5.64. The Morgan fingerprint density at radius 2 is 2.14 bits per heavy atom. The molecule has 0 spiro atoms. The van der Waals surface area contributed by atoms with Gasteiger partial charge < -0.3 is 19.5 Å². The summed E-state index contributed by atoms with van der Waals surface area (Å²) in [7, 11) is 0. The number of hydrogen-bond acceptors (Lipinski definition) is 5. The van der Waals surface area contributed by atoms with Crippen LogP contribution in [0, 0.1) is 6.92 Å². The smallest absolute Gasteiger partial charge is 0.407 e. The van der Waals surface area contributed by atoms with Crippen molar-refractivity contribution in [2.75, 3.05) is 13.1 Å². The summed E-state index contributed by atoms with van der Waals surface area (Å²) < 4.78 is 12.5. The van der Waals surface area contributed by atoms with E-state index in [4.69, 9.17) is 21.1 Å². The highest BCUT2D eigenvalue weighted by Gasteiger charge is 2.42. The van der Waals surface area contributed by atoms with E-state index in [1.165, 1.54) is 4.90 Å². The van der Waals surface area contributed by atoms with Gasteiger partial charge in [-0.2, -0.15) is 0 Å². The van der Waals surface area contributed by atoms with Crippen molar-refractivity contribution in [1.82, 2.24) is 15.1 Å². The fraction of sp³-hybridized carbons (Fsp3) is 0.476. The van der Waals surface area contributed by atoms with Crippen LogP contribution in [0.3, 0.4) is 0 Å². The number of aryl methyl sites for hydroxylation is 1. The van der Waals surface area contributed by atoms with Gasteiger partial charge in [0.05, 0.1) is 24.8 Å². The van der Waals surface area contributed by atoms with Gasteiger partial charge >= 0.3 is 6.09 Å². The van der Waals surface area contributed by atoms with Gasteiger partial charge in [-0.25, -0.2) is 4.79 Å². The average molecular weight is 418 g/mol. The third kappa shape index (κ3) is 4.02. The Morgan fingerprint density at radius 3 is 2.83 bits per heavy atom. The van der Waals surface area contributed by atoms with Gasteiger partial charge in [0, 0.05) is 0 Å². The number of hydrogen-bond donors (Lipinski definition) is 1. The number of rotatable bonds is 4. The lowest BCUT2D eigenvalue weighted by Crippen LogP contribution is -2.53. The first-order chi connectivity index (χ1) is 13.8. The maximum Gasteiger partial charge on any atom is 0.407 e. The number of amides is 1. The van der Waals surface area contributed by atoms with E-state index in [-0.39, 0.29) is 23.7 Å². The number of benzene rings is 1. The van der Waals surface area contributed by atoms with Crippen molar-refractivity contribution in [1.29, 1.82) is 0 Å². The number of nitrogens with zero attached hydrogens (tertiary/aromatic N) is 3. The van der Waals surface area contributed by atoms with Crippen LogP contribution in [-0.2, 0) is 10.3 Å². The van der Waals surface area contributed by atoms with Gasteiger partial charge in [-0.1, -0.05) is 29.8 Å². The van der Waals surface area contributed by atoms with Crippen LogP contribution in [0.2, 0.25) is 5.15 Å². The molecule has 2 unspecified atom stereocenters. The summed E-state index contributed by atoms with van der Waals surface area (Å²) in [5.41, 5.74) is 1.78. The fourth-order valence-electron chi connectivity index (χ4n) is 3.99. The van der Waals surface area contributed by atoms with Crippen LogP contribution in [0.1, 0.15) is 49.3 Å². The summed E-state index contributed by atoms with van der Waals surface area (Å²) in [6, 6.07) is 7.76. The molecule has 2 aromatic rings. The van der Waals surface area contributed by atoms with E-state index in [2.05, 4.69) is 16.3 Å². The highest BCUT2D eigenvalue weighted by molar-refractivity contribution is 6.29. The molecule has 1 amide bonds. The maximum absolute atomic E-state index is 11.6. The Hall–Kier alpha value is -2.38. The molecule has 154 valence electrons. The van der Waals surface area contributed by atoms with E-state index in [9.17, 15) is 9.90 Å². The molecule has 7 nitrogen and oxygen atoms in total. The minimum atomic E-state index is -0.989. The summed E-state index contributed by atoms with van der Waals surface area (Å²) >= 11 is 6.14. The van der Waals surface area contributed by atoms with Crippen LogP contribution in [0.25, 0.3) is 0 Å². The van der Waals surface area contributed by atoms with Crippen LogP contribution in [0.15, 0.2) is 24.3 Å². The van der Waals surface area contributed by atoms with Gasteiger partial charge in [-0.15, -0.1) is 10.2 Å². The summed E-state index contributed by atoms with van der Waals surface area (Å²) in [5.74, 6) is 1.56.